The van der Waals surface area contributed by atoms with Gasteiger partial charge in [-0.1, -0.05) is 157 Å². The Balaban J connectivity index is 1.24. The van der Waals surface area contributed by atoms with Gasteiger partial charge in [0.05, 0.1) is 23.3 Å². The minimum Gasteiger partial charge on any atom is -0.389 e. The molecule has 1 fully saturated rings. The van der Waals surface area contributed by atoms with Gasteiger partial charge < -0.3 is 5.11 Å². The number of carbonyl (C=O) groups excluding carboxylic acids is 1. The van der Waals surface area contributed by atoms with E-state index < -0.39 is 6.10 Å². The lowest BCUT2D eigenvalue weighted by Crippen LogP contribution is -2.41. The SMILES string of the molecule is O=C(C[C@H](O)/C=C/CCSC(c1ccccc1)(c1ccccc1)c1ccccc1)N1C(=S)SC[C@H]1Cc1ccccc1. The van der Waals surface area contributed by atoms with Crippen molar-refractivity contribution >= 4 is 46.0 Å². The molecular weight excluding hydrogens is 575 g/mol. The second-order valence-corrected chi connectivity index (χ2v) is 13.3. The number of benzene rings is 4. The van der Waals surface area contributed by atoms with Gasteiger partial charge in [-0.05, 0) is 40.8 Å². The standard InChI is InChI=1S/C36H35NO2S3/c38-33(26-34(39)37-32(27-41-35(37)40)25-28-15-5-1-6-16-28)23-13-14-24-42-36(29-17-7-2-8-18-29,30-19-9-3-10-20-30)31-21-11-4-12-22-31/h1-13,15-23,32-33,38H,14,24-27H2/b23-13+/t32-,33-/m1/s1. The molecular formula is C36H35NO2S3. The zero-order valence-electron chi connectivity index (χ0n) is 23.4. The Morgan fingerprint density at radius 3 is 1.90 bits per heavy atom. The lowest BCUT2D eigenvalue weighted by Gasteiger charge is -2.35. The average molecular weight is 610 g/mol. The summed E-state index contributed by atoms with van der Waals surface area (Å²) in [6.45, 7) is 0. The van der Waals surface area contributed by atoms with Crippen molar-refractivity contribution in [2.45, 2.75) is 36.2 Å². The maximum atomic E-state index is 13.2. The molecule has 1 heterocycles. The number of rotatable bonds is 12. The predicted molar refractivity (Wildman–Crippen MR) is 182 cm³/mol. The number of amides is 1. The number of aliphatic hydroxyl groups is 1. The molecule has 1 aliphatic rings. The molecule has 5 rings (SSSR count). The van der Waals surface area contributed by atoms with Gasteiger partial charge in [0.15, 0.2) is 0 Å². The summed E-state index contributed by atoms with van der Waals surface area (Å²) in [5.74, 6) is 1.50. The van der Waals surface area contributed by atoms with Crippen molar-refractivity contribution < 1.29 is 9.90 Å². The third-order valence-electron chi connectivity index (χ3n) is 7.43. The van der Waals surface area contributed by atoms with E-state index in [4.69, 9.17) is 12.2 Å². The van der Waals surface area contributed by atoms with Crippen LogP contribution in [0.15, 0.2) is 133 Å². The van der Waals surface area contributed by atoms with Gasteiger partial charge in [-0.15, -0.1) is 11.8 Å². The molecule has 0 unspecified atom stereocenters. The molecule has 0 bridgehead atoms. The van der Waals surface area contributed by atoms with Crippen LogP contribution in [0.3, 0.4) is 0 Å². The molecule has 0 aromatic heterocycles. The normalized spacial score (nSPS) is 16.2. The van der Waals surface area contributed by atoms with Crippen LogP contribution in [0.2, 0.25) is 0 Å². The topological polar surface area (TPSA) is 40.5 Å². The molecule has 3 nitrogen and oxygen atoms in total. The third-order valence-corrected chi connectivity index (χ3v) is 10.6. The van der Waals surface area contributed by atoms with Gasteiger partial charge >= 0.3 is 0 Å². The highest BCUT2D eigenvalue weighted by Crippen LogP contribution is 2.48. The van der Waals surface area contributed by atoms with Crippen LogP contribution in [0.4, 0.5) is 0 Å². The highest BCUT2D eigenvalue weighted by atomic mass is 32.2. The molecule has 2 atom stereocenters. The molecule has 0 radical (unpaired) electrons. The maximum absolute atomic E-state index is 13.2. The Bertz CT molecular complexity index is 1370. The van der Waals surface area contributed by atoms with E-state index in [0.717, 1.165) is 24.3 Å². The van der Waals surface area contributed by atoms with Crippen LogP contribution in [0.25, 0.3) is 0 Å². The average Bonchev–Trinajstić information content (AvgIpc) is 3.40. The molecule has 1 N–H and O–H groups in total. The van der Waals surface area contributed by atoms with E-state index in [0.29, 0.717) is 4.32 Å². The van der Waals surface area contributed by atoms with E-state index in [2.05, 4.69) is 103 Å². The van der Waals surface area contributed by atoms with Crippen LogP contribution in [0, 0.1) is 0 Å². The van der Waals surface area contributed by atoms with Gasteiger partial charge in [-0.2, -0.15) is 0 Å². The van der Waals surface area contributed by atoms with Crippen LogP contribution in [0.5, 0.6) is 0 Å². The minimum absolute atomic E-state index is 0.0204. The molecule has 4 aromatic rings. The van der Waals surface area contributed by atoms with Crippen molar-refractivity contribution in [1.82, 2.24) is 4.90 Å². The molecule has 214 valence electrons. The van der Waals surface area contributed by atoms with Gasteiger partial charge in [-0.3, -0.25) is 9.69 Å². The number of nitrogens with zero attached hydrogens (tertiary/aromatic N) is 1. The van der Waals surface area contributed by atoms with Crippen molar-refractivity contribution in [3.8, 4) is 0 Å². The fraction of sp³-hybridized carbons (Fsp3) is 0.222. The van der Waals surface area contributed by atoms with Crippen molar-refractivity contribution in [3.05, 3.63) is 156 Å². The van der Waals surface area contributed by atoms with E-state index in [1.54, 1.807) is 22.7 Å². The monoisotopic (exact) mass is 609 g/mol. The Hall–Kier alpha value is -3.16. The second-order valence-electron chi connectivity index (χ2n) is 10.3. The lowest BCUT2D eigenvalue weighted by atomic mass is 9.84. The fourth-order valence-corrected chi connectivity index (χ4v) is 8.36. The smallest absolute Gasteiger partial charge is 0.231 e. The Labute approximate surface area is 263 Å². The van der Waals surface area contributed by atoms with E-state index in [9.17, 15) is 9.90 Å². The van der Waals surface area contributed by atoms with E-state index in [-0.39, 0.29) is 23.1 Å². The molecule has 0 saturated carbocycles. The summed E-state index contributed by atoms with van der Waals surface area (Å²) in [5, 5.41) is 10.7. The number of carbonyl (C=O) groups is 1. The first-order valence-corrected chi connectivity index (χ1v) is 16.6. The minimum atomic E-state index is -0.851. The molecule has 1 saturated heterocycles. The van der Waals surface area contributed by atoms with Gasteiger partial charge in [0.25, 0.3) is 0 Å². The summed E-state index contributed by atoms with van der Waals surface area (Å²) in [6, 6.07) is 42.1. The molecule has 1 aliphatic heterocycles. The Kier molecular flexibility index (Phi) is 10.7. The highest BCUT2D eigenvalue weighted by Gasteiger charge is 2.37. The van der Waals surface area contributed by atoms with E-state index in [1.807, 2.05) is 36.0 Å². The van der Waals surface area contributed by atoms with Crippen molar-refractivity contribution in [2.24, 2.45) is 0 Å². The number of thiocarbonyl (C=S) groups is 1. The largest absolute Gasteiger partial charge is 0.389 e. The van der Waals surface area contributed by atoms with Gasteiger partial charge in [0, 0.05) is 5.75 Å². The molecule has 4 aromatic carbocycles. The summed E-state index contributed by atoms with van der Waals surface area (Å²) >= 11 is 8.94. The number of allylic oxidation sites excluding steroid dienone is 1. The van der Waals surface area contributed by atoms with Gasteiger partial charge in [0.2, 0.25) is 5.91 Å². The number of hydrogen-bond donors (Lipinski definition) is 1. The molecule has 0 aliphatic carbocycles. The van der Waals surface area contributed by atoms with Crippen molar-refractivity contribution in [1.29, 1.82) is 0 Å². The summed E-state index contributed by atoms with van der Waals surface area (Å²) < 4.78 is 0.232. The van der Waals surface area contributed by atoms with Crippen molar-refractivity contribution in [2.75, 3.05) is 11.5 Å². The van der Waals surface area contributed by atoms with Crippen molar-refractivity contribution in [3.63, 3.8) is 0 Å². The summed E-state index contributed by atoms with van der Waals surface area (Å²) in [4.78, 5) is 14.9. The molecule has 1 amide bonds. The Morgan fingerprint density at radius 2 is 1.38 bits per heavy atom. The predicted octanol–water partition coefficient (Wildman–Crippen LogP) is 7.88. The van der Waals surface area contributed by atoms with Crippen LogP contribution in [0.1, 0.15) is 35.1 Å². The van der Waals surface area contributed by atoms with Crippen LogP contribution >= 0.6 is 35.7 Å². The zero-order valence-corrected chi connectivity index (χ0v) is 25.9. The third kappa shape index (κ3) is 7.24. The van der Waals surface area contributed by atoms with Crippen LogP contribution < -0.4 is 0 Å². The number of aliphatic hydroxyl groups excluding tert-OH is 1. The summed E-state index contributed by atoms with van der Waals surface area (Å²) in [5.41, 5.74) is 4.87. The summed E-state index contributed by atoms with van der Waals surface area (Å²) in [7, 11) is 0. The molecule has 6 heteroatoms. The van der Waals surface area contributed by atoms with E-state index >= 15 is 0 Å². The fourth-order valence-electron chi connectivity index (χ4n) is 5.45. The first-order chi connectivity index (χ1) is 20.6. The lowest BCUT2D eigenvalue weighted by molar-refractivity contribution is -0.129. The van der Waals surface area contributed by atoms with E-state index in [1.165, 1.54) is 22.3 Å². The number of thioether (sulfide) groups is 2. The summed E-state index contributed by atoms with van der Waals surface area (Å²) in [6.07, 6.45) is 4.45. The zero-order chi connectivity index (χ0) is 29.2. The molecule has 0 spiro atoms. The van der Waals surface area contributed by atoms with Gasteiger partial charge in [-0.25, -0.2) is 0 Å². The highest BCUT2D eigenvalue weighted by molar-refractivity contribution is 8.23. The number of hydrogen-bond acceptors (Lipinski definition) is 5. The quantitative estimate of drug-likeness (QED) is 0.0766. The first-order valence-electron chi connectivity index (χ1n) is 14.3. The maximum Gasteiger partial charge on any atom is 0.231 e. The molecule has 42 heavy (non-hydrogen) atoms. The van der Waals surface area contributed by atoms with Crippen LogP contribution in [-0.2, 0) is 16.0 Å². The van der Waals surface area contributed by atoms with Crippen LogP contribution in [-0.4, -0.2) is 43.9 Å². The van der Waals surface area contributed by atoms with Gasteiger partial charge in [0.1, 0.15) is 4.32 Å². The second kappa shape index (κ2) is 14.8. The Morgan fingerprint density at radius 1 is 0.881 bits per heavy atom. The first kappa shape index (κ1) is 30.3.